The Balaban J connectivity index is 0.00000225. The summed E-state index contributed by atoms with van der Waals surface area (Å²) in [5.74, 6) is 0.833. The molecule has 1 fully saturated rings. The van der Waals surface area contributed by atoms with E-state index in [1.807, 2.05) is 36.0 Å². The number of rotatable bonds is 6. The van der Waals surface area contributed by atoms with Gasteiger partial charge in [-0.2, -0.15) is 11.8 Å². The highest BCUT2D eigenvalue weighted by atomic mass is 35.5. The lowest BCUT2D eigenvalue weighted by molar-refractivity contribution is 0.102. The molecule has 2 nitrogen and oxygen atoms in total. The second-order valence-electron chi connectivity index (χ2n) is 7.26. The number of fused-ring (bicyclic) bond motifs is 1. The average molecular weight is 412 g/mol. The quantitative estimate of drug-likeness (QED) is 0.475. The fourth-order valence-corrected chi connectivity index (χ4v) is 4.81. The standard InChI is InChI=1S/C24H25NOS.ClH/c26-24(22-11-10-20-8-4-5-9-21(20)16-22)18-27-23-12-14-25(15-13-23)17-19-6-2-1-3-7-19;/h1-11,16,23H,12-15,17-18H2;1H. The maximum absolute atomic E-state index is 12.6. The van der Waals surface area contributed by atoms with E-state index in [0.29, 0.717) is 11.0 Å². The molecule has 3 aromatic carbocycles. The molecule has 0 atom stereocenters. The molecule has 1 aliphatic rings. The van der Waals surface area contributed by atoms with Crippen molar-refractivity contribution in [2.24, 2.45) is 0 Å². The number of ketones is 1. The number of carbonyl (C=O) groups excluding carboxylic acids is 1. The maximum Gasteiger partial charge on any atom is 0.172 e. The van der Waals surface area contributed by atoms with Gasteiger partial charge in [0.25, 0.3) is 0 Å². The van der Waals surface area contributed by atoms with Gasteiger partial charge in [0.15, 0.2) is 5.78 Å². The molecular formula is C24H26ClNOS. The molecule has 0 aromatic heterocycles. The normalized spacial score (nSPS) is 15.3. The molecule has 0 radical (unpaired) electrons. The summed E-state index contributed by atoms with van der Waals surface area (Å²) in [5, 5.41) is 2.93. The van der Waals surface area contributed by atoms with Crippen molar-refractivity contribution < 1.29 is 4.79 Å². The number of hydrogen-bond donors (Lipinski definition) is 0. The fraction of sp³-hybridized carbons (Fsp3) is 0.292. The third kappa shape index (κ3) is 5.38. The average Bonchev–Trinajstić information content (AvgIpc) is 2.73. The maximum atomic E-state index is 12.6. The van der Waals surface area contributed by atoms with E-state index < -0.39 is 0 Å². The molecule has 0 spiro atoms. The van der Waals surface area contributed by atoms with Gasteiger partial charge in [-0.05, 0) is 48.3 Å². The number of Topliss-reactive ketones (excluding diaryl/α,β-unsaturated/α-hetero) is 1. The third-order valence-corrected chi connectivity index (χ3v) is 6.68. The van der Waals surface area contributed by atoms with Gasteiger partial charge in [-0.15, -0.1) is 12.4 Å². The zero-order chi connectivity index (χ0) is 18.5. The van der Waals surface area contributed by atoms with Crippen molar-refractivity contribution in [3.8, 4) is 0 Å². The van der Waals surface area contributed by atoms with E-state index in [4.69, 9.17) is 0 Å². The highest BCUT2D eigenvalue weighted by Crippen LogP contribution is 2.25. The molecule has 28 heavy (non-hydrogen) atoms. The Bertz CT molecular complexity index is 907. The molecule has 0 amide bonds. The lowest BCUT2D eigenvalue weighted by Crippen LogP contribution is -2.34. The van der Waals surface area contributed by atoms with Gasteiger partial charge >= 0.3 is 0 Å². The Labute approximate surface area is 177 Å². The van der Waals surface area contributed by atoms with Crippen molar-refractivity contribution in [1.82, 2.24) is 4.90 Å². The van der Waals surface area contributed by atoms with Gasteiger partial charge < -0.3 is 0 Å². The first-order valence-corrected chi connectivity index (χ1v) is 10.7. The summed E-state index contributed by atoms with van der Waals surface area (Å²) in [6.07, 6.45) is 2.34. The Morgan fingerprint density at radius 2 is 1.57 bits per heavy atom. The molecule has 1 aliphatic heterocycles. The number of likely N-dealkylation sites (tertiary alicyclic amines) is 1. The van der Waals surface area contributed by atoms with Gasteiger partial charge in [0.1, 0.15) is 0 Å². The zero-order valence-electron chi connectivity index (χ0n) is 15.9. The fourth-order valence-electron chi connectivity index (χ4n) is 3.72. The summed E-state index contributed by atoms with van der Waals surface area (Å²) >= 11 is 1.84. The van der Waals surface area contributed by atoms with E-state index >= 15 is 0 Å². The van der Waals surface area contributed by atoms with Crippen LogP contribution in [0.2, 0.25) is 0 Å². The highest BCUT2D eigenvalue weighted by Gasteiger charge is 2.20. The minimum Gasteiger partial charge on any atom is -0.299 e. The minimum absolute atomic E-state index is 0. The van der Waals surface area contributed by atoms with Crippen molar-refractivity contribution in [3.05, 3.63) is 83.9 Å². The monoisotopic (exact) mass is 411 g/mol. The Morgan fingerprint density at radius 3 is 2.32 bits per heavy atom. The number of piperidine rings is 1. The summed E-state index contributed by atoms with van der Waals surface area (Å²) in [7, 11) is 0. The van der Waals surface area contributed by atoms with Crippen LogP contribution in [0.15, 0.2) is 72.8 Å². The van der Waals surface area contributed by atoms with Crippen LogP contribution in [0, 0.1) is 0 Å². The van der Waals surface area contributed by atoms with Crippen molar-refractivity contribution in [3.63, 3.8) is 0 Å². The van der Waals surface area contributed by atoms with Gasteiger partial charge in [0.2, 0.25) is 0 Å². The second kappa shape index (κ2) is 10.1. The van der Waals surface area contributed by atoms with Crippen LogP contribution in [0.4, 0.5) is 0 Å². The molecule has 0 saturated carbocycles. The van der Waals surface area contributed by atoms with Crippen LogP contribution in [-0.4, -0.2) is 34.8 Å². The molecule has 0 N–H and O–H groups in total. The highest BCUT2D eigenvalue weighted by molar-refractivity contribution is 8.00. The molecule has 4 rings (SSSR count). The van der Waals surface area contributed by atoms with Crippen molar-refractivity contribution in [2.45, 2.75) is 24.6 Å². The number of nitrogens with zero attached hydrogens (tertiary/aromatic N) is 1. The number of hydrogen-bond acceptors (Lipinski definition) is 3. The topological polar surface area (TPSA) is 20.3 Å². The minimum atomic E-state index is 0. The molecule has 1 saturated heterocycles. The first-order valence-electron chi connectivity index (χ1n) is 9.68. The Kier molecular flexibility index (Phi) is 7.55. The number of thioether (sulfide) groups is 1. The number of halogens is 1. The SMILES string of the molecule is Cl.O=C(CSC1CCN(Cc2ccccc2)CC1)c1ccc2ccccc2c1. The summed E-state index contributed by atoms with van der Waals surface area (Å²) in [4.78, 5) is 15.1. The molecule has 3 aromatic rings. The summed E-state index contributed by atoms with van der Waals surface area (Å²) in [6.45, 7) is 3.28. The summed E-state index contributed by atoms with van der Waals surface area (Å²) in [5.41, 5.74) is 2.22. The van der Waals surface area contributed by atoms with Crippen LogP contribution >= 0.6 is 24.2 Å². The lowest BCUT2D eigenvalue weighted by Gasteiger charge is -2.31. The first-order chi connectivity index (χ1) is 13.3. The van der Waals surface area contributed by atoms with Gasteiger partial charge in [0, 0.05) is 17.4 Å². The van der Waals surface area contributed by atoms with Crippen LogP contribution in [0.25, 0.3) is 10.8 Å². The van der Waals surface area contributed by atoms with Crippen LogP contribution in [0.1, 0.15) is 28.8 Å². The van der Waals surface area contributed by atoms with Crippen LogP contribution in [0.5, 0.6) is 0 Å². The largest absolute Gasteiger partial charge is 0.299 e. The molecule has 0 bridgehead atoms. The van der Waals surface area contributed by atoms with Gasteiger partial charge in [0.05, 0.1) is 5.75 Å². The summed E-state index contributed by atoms with van der Waals surface area (Å²) < 4.78 is 0. The zero-order valence-corrected chi connectivity index (χ0v) is 17.6. The summed E-state index contributed by atoms with van der Waals surface area (Å²) in [6, 6.07) is 24.9. The number of carbonyl (C=O) groups is 1. The Morgan fingerprint density at radius 1 is 0.893 bits per heavy atom. The van der Waals surface area contributed by atoms with Gasteiger partial charge in [-0.3, -0.25) is 9.69 Å². The smallest absolute Gasteiger partial charge is 0.172 e. The molecule has 146 valence electrons. The lowest BCUT2D eigenvalue weighted by atomic mass is 10.1. The predicted molar refractivity (Wildman–Crippen MR) is 123 cm³/mol. The van der Waals surface area contributed by atoms with Crippen molar-refractivity contribution in [2.75, 3.05) is 18.8 Å². The van der Waals surface area contributed by atoms with Crippen LogP contribution < -0.4 is 0 Å². The first kappa shape index (κ1) is 20.9. The molecule has 4 heteroatoms. The third-order valence-electron chi connectivity index (χ3n) is 5.31. The van der Waals surface area contributed by atoms with E-state index in [2.05, 4.69) is 53.4 Å². The molecule has 0 aliphatic carbocycles. The van der Waals surface area contributed by atoms with Gasteiger partial charge in [-0.25, -0.2) is 0 Å². The van der Waals surface area contributed by atoms with Crippen molar-refractivity contribution >= 4 is 40.7 Å². The van der Waals surface area contributed by atoms with E-state index in [1.165, 1.54) is 23.8 Å². The number of benzene rings is 3. The van der Waals surface area contributed by atoms with Gasteiger partial charge in [-0.1, -0.05) is 66.7 Å². The van der Waals surface area contributed by atoms with E-state index in [1.54, 1.807) is 0 Å². The van der Waals surface area contributed by atoms with Crippen LogP contribution in [0.3, 0.4) is 0 Å². The predicted octanol–water partition coefficient (Wildman–Crippen LogP) is 5.84. The van der Waals surface area contributed by atoms with Crippen molar-refractivity contribution in [1.29, 1.82) is 0 Å². The second-order valence-corrected chi connectivity index (χ2v) is 8.55. The van der Waals surface area contributed by atoms with Crippen LogP contribution in [-0.2, 0) is 6.54 Å². The Hall–Kier alpha value is -1.81. The molecule has 0 unspecified atom stereocenters. The van der Waals surface area contributed by atoms with E-state index in [0.717, 1.165) is 30.6 Å². The van der Waals surface area contributed by atoms with E-state index in [9.17, 15) is 4.79 Å². The molecule has 1 heterocycles. The molecular weight excluding hydrogens is 386 g/mol. The van der Waals surface area contributed by atoms with E-state index in [-0.39, 0.29) is 18.2 Å².